The Balaban J connectivity index is 2.05. The molecule has 4 heteroatoms. The molecule has 2 amide bonds. The van der Waals surface area contributed by atoms with Gasteiger partial charge in [-0.25, -0.2) is 4.79 Å². The topological polar surface area (TPSA) is 67.1 Å². The van der Waals surface area contributed by atoms with Crippen LogP contribution < -0.4 is 16.4 Å². The summed E-state index contributed by atoms with van der Waals surface area (Å²) in [6.07, 6.45) is 5.42. The fourth-order valence-corrected chi connectivity index (χ4v) is 1.50. The van der Waals surface area contributed by atoms with Crippen LogP contribution >= 0.6 is 0 Å². The summed E-state index contributed by atoms with van der Waals surface area (Å²) in [5.41, 5.74) is 5.39. The molecule has 82 valence electrons. The van der Waals surface area contributed by atoms with E-state index in [1.807, 2.05) is 6.92 Å². The van der Waals surface area contributed by atoms with E-state index in [2.05, 4.69) is 10.6 Å². The van der Waals surface area contributed by atoms with E-state index in [4.69, 9.17) is 5.73 Å². The largest absolute Gasteiger partial charge is 0.336 e. The molecule has 0 aromatic carbocycles. The Hall–Kier alpha value is -0.770. The standard InChI is InChI=1S/C10H21N3O/c1-8(4-3-7-11)12-10(14)13-9-5-2-6-9/h8-9H,2-7,11H2,1H3,(H2,12,13,14). The summed E-state index contributed by atoms with van der Waals surface area (Å²) in [4.78, 5) is 11.4. The zero-order valence-corrected chi connectivity index (χ0v) is 8.88. The lowest BCUT2D eigenvalue weighted by atomic mass is 9.93. The van der Waals surface area contributed by atoms with Crippen LogP contribution in [0.3, 0.4) is 0 Å². The summed E-state index contributed by atoms with van der Waals surface area (Å²) in [7, 11) is 0. The van der Waals surface area contributed by atoms with E-state index in [1.165, 1.54) is 6.42 Å². The van der Waals surface area contributed by atoms with Crippen molar-refractivity contribution in [2.75, 3.05) is 6.54 Å². The van der Waals surface area contributed by atoms with E-state index in [0.717, 1.165) is 25.7 Å². The van der Waals surface area contributed by atoms with Crippen LogP contribution in [0.2, 0.25) is 0 Å². The van der Waals surface area contributed by atoms with Gasteiger partial charge in [0, 0.05) is 12.1 Å². The van der Waals surface area contributed by atoms with Gasteiger partial charge in [0.05, 0.1) is 0 Å². The highest BCUT2D eigenvalue weighted by Gasteiger charge is 2.19. The van der Waals surface area contributed by atoms with Gasteiger partial charge in [0.25, 0.3) is 0 Å². The lowest BCUT2D eigenvalue weighted by Gasteiger charge is -2.27. The molecule has 4 N–H and O–H groups in total. The first-order valence-corrected chi connectivity index (χ1v) is 5.49. The van der Waals surface area contributed by atoms with E-state index >= 15 is 0 Å². The second kappa shape index (κ2) is 5.86. The van der Waals surface area contributed by atoms with E-state index in [9.17, 15) is 4.79 Å². The van der Waals surface area contributed by atoms with Crippen molar-refractivity contribution < 1.29 is 4.79 Å². The molecule has 0 aromatic rings. The molecule has 1 atom stereocenters. The molecular weight excluding hydrogens is 178 g/mol. The van der Waals surface area contributed by atoms with Crippen LogP contribution in [0.25, 0.3) is 0 Å². The number of nitrogens with two attached hydrogens (primary N) is 1. The fourth-order valence-electron chi connectivity index (χ4n) is 1.50. The Kier molecular flexibility index (Phi) is 4.73. The van der Waals surface area contributed by atoms with Gasteiger partial charge in [-0.15, -0.1) is 0 Å². The summed E-state index contributed by atoms with van der Waals surface area (Å²) in [5, 5.41) is 5.85. The highest BCUT2D eigenvalue weighted by molar-refractivity contribution is 5.74. The first-order chi connectivity index (χ1) is 6.72. The second-order valence-corrected chi connectivity index (χ2v) is 4.08. The molecule has 0 bridgehead atoms. The second-order valence-electron chi connectivity index (χ2n) is 4.08. The monoisotopic (exact) mass is 199 g/mol. The van der Waals surface area contributed by atoms with Crippen molar-refractivity contribution in [3.05, 3.63) is 0 Å². The van der Waals surface area contributed by atoms with Gasteiger partial charge in [-0.1, -0.05) is 0 Å². The smallest absolute Gasteiger partial charge is 0.315 e. The van der Waals surface area contributed by atoms with Crippen molar-refractivity contribution in [3.8, 4) is 0 Å². The maximum atomic E-state index is 11.4. The zero-order valence-electron chi connectivity index (χ0n) is 8.88. The molecule has 14 heavy (non-hydrogen) atoms. The van der Waals surface area contributed by atoms with Crippen molar-refractivity contribution in [2.45, 2.75) is 51.1 Å². The van der Waals surface area contributed by atoms with Gasteiger partial charge in [0.1, 0.15) is 0 Å². The van der Waals surface area contributed by atoms with Gasteiger partial charge in [-0.05, 0) is 45.6 Å². The number of amides is 2. The molecule has 0 radical (unpaired) electrons. The summed E-state index contributed by atoms with van der Waals surface area (Å²) < 4.78 is 0. The third kappa shape index (κ3) is 3.96. The maximum Gasteiger partial charge on any atom is 0.315 e. The van der Waals surface area contributed by atoms with Gasteiger partial charge in [0.2, 0.25) is 0 Å². The number of hydrogen-bond donors (Lipinski definition) is 3. The number of carbonyl (C=O) groups is 1. The lowest BCUT2D eigenvalue weighted by Crippen LogP contribution is -2.47. The quantitative estimate of drug-likeness (QED) is 0.617. The average molecular weight is 199 g/mol. The number of nitrogens with one attached hydrogen (secondary N) is 2. The van der Waals surface area contributed by atoms with Gasteiger partial charge < -0.3 is 16.4 Å². The Bertz CT molecular complexity index is 180. The molecule has 1 aliphatic rings. The SMILES string of the molecule is CC(CCCN)NC(=O)NC1CCC1. The van der Waals surface area contributed by atoms with E-state index in [-0.39, 0.29) is 12.1 Å². The molecule has 4 nitrogen and oxygen atoms in total. The summed E-state index contributed by atoms with van der Waals surface area (Å²) >= 11 is 0. The van der Waals surface area contributed by atoms with Crippen molar-refractivity contribution in [3.63, 3.8) is 0 Å². The minimum atomic E-state index is -0.0285. The molecule has 0 aromatic heterocycles. The predicted octanol–water partition coefficient (Wildman–Crippen LogP) is 0.966. The first kappa shape index (κ1) is 11.3. The summed E-state index contributed by atoms with van der Waals surface area (Å²) in [6, 6.07) is 0.606. The van der Waals surface area contributed by atoms with E-state index < -0.39 is 0 Å². The Morgan fingerprint density at radius 3 is 2.79 bits per heavy atom. The maximum absolute atomic E-state index is 11.4. The molecule has 0 aliphatic heterocycles. The number of hydrogen-bond acceptors (Lipinski definition) is 2. The lowest BCUT2D eigenvalue weighted by molar-refractivity contribution is 0.224. The number of rotatable bonds is 5. The summed E-state index contributed by atoms with van der Waals surface area (Å²) in [6.45, 7) is 2.70. The fraction of sp³-hybridized carbons (Fsp3) is 0.900. The van der Waals surface area contributed by atoms with Crippen LogP contribution in [0, 0.1) is 0 Å². The van der Waals surface area contributed by atoms with Gasteiger partial charge in [-0.2, -0.15) is 0 Å². The van der Waals surface area contributed by atoms with E-state index in [1.54, 1.807) is 0 Å². The predicted molar refractivity (Wildman–Crippen MR) is 57.1 cm³/mol. The highest BCUT2D eigenvalue weighted by atomic mass is 16.2. The minimum Gasteiger partial charge on any atom is -0.336 e. The van der Waals surface area contributed by atoms with Crippen LogP contribution in [0.4, 0.5) is 4.79 Å². The Morgan fingerprint density at radius 1 is 1.57 bits per heavy atom. The molecule has 1 unspecified atom stereocenters. The molecular formula is C10H21N3O. The van der Waals surface area contributed by atoms with Crippen molar-refractivity contribution >= 4 is 6.03 Å². The van der Waals surface area contributed by atoms with Crippen molar-refractivity contribution in [1.82, 2.24) is 10.6 Å². The molecule has 1 aliphatic carbocycles. The summed E-state index contributed by atoms with van der Waals surface area (Å²) in [5.74, 6) is 0. The molecule has 0 saturated heterocycles. The molecule has 1 fully saturated rings. The van der Waals surface area contributed by atoms with Crippen LogP contribution in [-0.4, -0.2) is 24.7 Å². The van der Waals surface area contributed by atoms with Crippen molar-refractivity contribution in [2.24, 2.45) is 5.73 Å². The molecule has 1 saturated carbocycles. The third-order valence-electron chi connectivity index (χ3n) is 2.66. The minimum absolute atomic E-state index is 0.0285. The van der Waals surface area contributed by atoms with Crippen LogP contribution in [0.1, 0.15) is 39.0 Å². The average Bonchev–Trinajstić information content (AvgIpc) is 2.08. The Morgan fingerprint density at radius 2 is 2.29 bits per heavy atom. The van der Waals surface area contributed by atoms with Gasteiger partial charge >= 0.3 is 6.03 Å². The Labute approximate surface area is 85.6 Å². The number of urea groups is 1. The molecule has 0 heterocycles. The van der Waals surface area contributed by atoms with Gasteiger partial charge in [-0.3, -0.25) is 0 Å². The first-order valence-electron chi connectivity index (χ1n) is 5.49. The van der Waals surface area contributed by atoms with Crippen LogP contribution in [0.5, 0.6) is 0 Å². The van der Waals surface area contributed by atoms with Crippen LogP contribution in [-0.2, 0) is 0 Å². The number of carbonyl (C=O) groups excluding carboxylic acids is 1. The van der Waals surface area contributed by atoms with Gasteiger partial charge in [0.15, 0.2) is 0 Å². The molecule has 1 rings (SSSR count). The zero-order chi connectivity index (χ0) is 10.4. The normalized spacial score (nSPS) is 18.4. The van der Waals surface area contributed by atoms with E-state index in [0.29, 0.717) is 12.6 Å². The highest BCUT2D eigenvalue weighted by Crippen LogP contribution is 2.17. The molecule has 0 spiro atoms. The van der Waals surface area contributed by atoms with Crippen molar-refractivity contribution in [1.29, 1.82) is 0 Å². The van der Waals surface area contributed by atoms with Crippen LogP contribution in [0.15, 0.2) is 0 Å². The third-order valence-corrected chi connectivity index (χ3v) is 2.66.